The van der Waals surface area contributed by atoms with Gasteiger partial charge in [0.25, 0.3) is 0 Å². The minimum absolute atomic E-state index is 0.331. The zero-order chi connectivity index (χ0) is 19.8. The van der Waals surface area contributed by atoms with E-state index in [9.17, 15) is 9.59 Å². The Morgan fingerprint density at radius 2 is 1.18 bits per heavy atom. The molecule has 0 aliphatic carbocycles. The summed E-state index contributed by atoms with van der Waals surface area (Å²) in [4.78, 5) is 25.2. The molecule has 4 heteroatoms. The van der Waals surface area contributed by atoms with Gasteiger partial charge >= 0.3 is 11.9 Å². The molecule has 3 rings (SSSR count). The second-order valence-corrected chi connectivity index (χ2v) is 6.43. The average Bonchev–Trinajstić information content (AvgIpc) is 2.73. The molecule has 0 saturated carbocycles. The van der Waals surface area contributed by atoms with Crippen LogP contribution in [0.25, 0.3) is 0 Å². The van der Waals surface area contributed by atoms with E-state index in [1.54, 1.807) is 60.7 Å². The Balaban J connectivity index is 1.85. The number of rotatable bonds is 7. The van der Waals surface area contributed by atoms with Crippen LogP contribution in [0.3, 0.4) is 0 Å². The number of carbonyl (C=O) groups is 2. The van der Waals surface area contributed by atoms with Crippen LogP contribution in [0.1, 0.15) is 46.0 Å². The highest BCUT2D eigenvalue weighted by Gasteiger charge is 2.16. The summed E-state index contributed by atoms with van der Waals surface area (Å²) in [6, 6.07) is 22.8. The SMILES string of the molecule is CCCCc1cc(C(=O)Oc2ccccc2)cc(C(=O)Oc2ccccc2)c1. The Morgan fingerprint density at radius 3 is 1.61 bits per heavy atom. The van der Waals surface area contributed by atoms with E-state index >= 15 is 0 Å². The maximum atomic E-state index is 12.6. The van der Waals surface area contributed by atoms with Gasteiger partial charge in [0.15, 0.2) is 0 Å². The number of unbranched alkanes of at least 4 members (excludes halogenated alkanes) is 1. The molecule has 0 radical (unpaired) electrons. The molecule has 142 valence electrons. The summed E-state index contributed by atoms with van der Waals surface area (Å²) in [5, 5.41) is 0. The van der Waals surface area contributed by atoms with E-state index in [-0.39, 0.29) is 0 Å². The Morgan fingerprint density at radius 1 is 0.714 bits per heavy atom. The molecule has 28 heavy (non-hydrogen) atoms. The van der Waals surface area contributed by atoms with Crippen LogP contribution in [0.15, 0.2) is 78.9 Å². The standard InChI is InChI=1S/C24H22O4/c1-2-3-10-18-15-19(23(25)27-21-11-6-4-7-12-21)17-20(16-18)24(26)28-22-13-8-5-9-14-22/h4-9,11-17H,2-3,10H2,1H3. The number of hydrogen-bond donors (Lipinski definition) is 0. The molecule has 0 aromatic heterocycles. The first-order chi connectivity index (χ1) is 13.7. The average molecular weight is 374 g/mol. The molecule has 0 aliphatic rings. The van der Waals surface area contributed by atoms with Gasteiger partial charge in [0, 0.05) is 0 Å². The van der Waals surface area contributed by atoms with E-state index < -0.39 is 11.9 Å². The van der Waals surface area contributed by atoms with Crippen molar-refractivity contribution in [3.63, 3.8) is 0 Å². The van der Waals surface area contributed by atoms with Gasteiger partial charge in [0.1, 0.15) is 11.5 Å². The minimum atomic E-state index is -0.502. The Bertz CT molecular complexity index is 862. The van der Waals surface area contributed by atoms with Gasteiger partial charge in [-0.2, -0.15) is 0 Å². The summed E-state index contributed by atoms with van der Waals surface area (Å²) >= 11 is 0. The van der Waals surface area contributed by atoms with E-state index in [1.807, 2.05) is 12.1 Å². The second kappa shape index (κ2) is 9.51. The monoisotopic (exact) mass is 374 g/mol. The molecule has 0 fully saturated rings. The first-order valence-electron chi connectivity index (χ1n) is 9.34. The first-order valence-corrected chi connectivity index (χ1v) is 9.34. The molecule has 0 bridgehead atoms. The third-order valence-electron chi connectivity index (χ3n) is 4.19. The summed E-state index contributed by atoms with van der Waals surface area (Å²) in [5.41, 5.74) is 1.57. The van der Waals surface area contributed by atoms with Crippen molar-refractivity contribution in [2.24, 2.45) is 0 Å². The molecule has 4 nitrogen and oxygen atoms in total. The fourth-order valence-electron chi connectivity index (χ4n) is 2.76. The smallest absolute Gasteiger partial charge is 0.343 e. The molecule has 3 aromatic carbocycles. The van der Waals surface area contributed by atoms with Gasteiger partial charge in [-0.1, -0.05) is 49.7 Å². The lowest BCUT2D eigenvalue weighted by Crippen LogP contribution is -2.13. The van der Waals surface area contributed by atoms with Crippen LogP contribution in [0.4, 0.5) is 0 Å². The fraction of sp³-hybridized carbons (Fsp3) is 0.167. The Hall–Kier alpha value is -3.40. The number of hydrogen-bond acceptors (Lipinski definition) is 4. The highest BCUT2D eigenvalue weighted by Crippen LogP contribution is 2.19. The van der Waals surface area contributed by atoms with Gasteiger partial charge in [-0.25, -0.2) is 9.59 Å². The summed E-state index contributed by atoms with van der Waals surface area (Å²) < 4.78 is 10.8. The molecule has 0 spiro atoms. The zero-order valence-corrected chi connectivity index (χ0v) is 15.8. The van der Waals surface area contributed by atoms with Crippen LogP contribution >= 0.6 is 0 Å². The van der Waals surface area contributed by atoms with Gasteiger partial charge in [0.2, 0.25) is 0 Å². The van der Waals surface area contributed by atoms with E-state index in [1.165, 1.54) is 6.07 Å². The third-order valence-corrected chi connectivity index (χ3v) is 4.19. The number of aryl methyl sites for hydroxylation is 1. The third kappa shape index (κ3) is 5.30. The van der Waals surface area contributed by atoms with Crippen LogP contribution in [-0.4, -0.2) is 11.9 Å². The summed E-state index contributed by atoms with van der Waals surface area (Å²) in [6.45, 7) is 2.10. The molecule has 0 heterocycles. The van der Waals surface area contributed by atoms with E-state index in [0.29, 0.717) is 22.6 Å². The summed E-state index contributed by atoms with van der Waals surface area (Å²) in [5.74, 6) is -0.0867. The summed E-state index contributed by atoms with van der Waals surface area (Å²) in [6.07, 6.45) is 2.75. The van der Waals surface area contributed by atoms with Crippen molar-refractivity contribution in [2.45, 2.75) is 26.2 Å². The van der Waals surface area contributed by atoms with Crippen molar-refractivity contribution in [2.75, 3.05) is 0 Å². The van der Waals surface area contributed by atoms with Crippen molar-refractivity contribution >= 4 is 11.9 Å². The number of carbonyl (C=O) groups excluding carboxylic acids is 2. The van der Waals surface area contributed by atoms with Crippen LogP contribution in [0.2, 0.25) is 0 Å². The van der Waals surface area contributed by atoms with Crippen LogP contribution < -0.4 is 9.47 Å². The molecule has 0 amide bonds. The van der Waals surface area contributed by atoms with Crippen molar-refractivity contribution in [1.29, 1.82) is 0 Å². The quantitative estimate of drug-likeness (QED) is 0.407. The molecular formula is C24H22O4. The maximum Gasteiger partial charge on any atom is 0.343 e. The van der Waals surface area contributed by atoms with Gasteiger partial charge in [-0.05, 0) is 60.9 Å². The maximum absolute atomic E-state index is 12.6. The Kier molecular flexibility index (Phi) is 6.58. The van der Waals surface area contributed by atoms with Gasteiger partial charge in [0.05, 0.1) is 11.1 Å². The van der Waals surface area contributed by atoms with Crippen molar-refractivity contribution in [1.82, 2.24) is 0 Å². The normalized spacial score (nSPS) is 10.3. The van der Waals surface area contributed by atoms with E-state index in [0.717, 1.165) is 24.8 Å². The van der Waals surface area contributed by atoms with E-state index in [2.05, 4.69) is 6.92 Å². The lowest BCUT2D eigenvalue weighted by atomic mass is 10.0. The first kappa shape index (κ1) is 19.4. The number of para-hydroxylation sites is 2. The topological polar surface area (TPSA) is 52.6 Å². The van der Waals surface area contributed by atoms with Gasteiger partial charge in [-0.15, -0.1) is 0 Å². The van der Waals surface area contributed by atoms with Crippen LogP contribution in [0.5, 0.6) is 11.5 Å². The van der Waals surface area contributed by atoms with Crippen LogP contribution in [-0.2, 0) is 6.42 Å². The lowest BCUT2D eigenvalue weighted by Gasteiger charge is -2.10. The van der Waals surface area contributed by atoms with Crippen LogP contribution in [0, 0.1) is 0 Å². The van der Waals surface area contributed by atoms with Crippen molar-refractivity contribution in [3.05, 3.63) is 95.6 Å². The highest BCUT2D eigenvalue weighted by molar-refractivity contribution is 5.97. The molecule has 0 unspecified atom stereocenters. The largest absolute Gasteiger partial charge is 0.423 e. The molecule has 0 N–H and O–H groups in total. The van der Waals surface area contributed by atoms with Crippen molar-refractivity contribution in [3.8, 4) is 11.5 Å². The predicted octanol–water partition coefficient (Wildman–Crippen LogP) is 5.47. The molecule has 0 atom stereocenters. The Labute approximate surface area is 164 Å². The second-order valence-electron chi connectivity index (χ2n) is 6.43. The molecular weight excluding hydrogens is 352 g/mol. The van der Waals surface area contributed by atoms with E-state index in [4.69, 9.17) is 9.47 Å². The number of esters is 2. The van der Waals surface area contributed by atoms with Gasteiger partial charge in [-0.3, -0.25) is 0 Å². The molecule has 0 aliphatic heterocycles. The van der Waals surface area contributed by atoms with Crippen molar-refractivity contribution < 1.29 is 19.1 Å². The van der Waals surface area contributed by atoms with Gasteiger partial charge < -0.3 is 9.47 Å². The highest BCUT2D eigenvalue weighted by atomic mass is 16.5. The fourth-order valence-corrected chi connectivity index (χ4v) is 2.76. The predicted molar refractivity (Wildman–Crippen MR) is 108 cm³/mol. The number of benzene rings is 3. The minimum Gasteiger partial charge on any atom is -0.423 e. The zero-order valence-electron chi connectivity index (χ0n) is 15.8. The number of ether oxygens (including phenoxy) is 2. The summed E-state index contributed by atoms with van der Waals surface area (Å²) in [7, 11) is 0. The lowest BCUT2D eigenvalue weighted by molar-refractivity contribution is 0.0734. The molecule has 0 saturated heterocycles. The molecule has 3 aromatic rings.